The van der Waals surface area contributed by atoms with Gasteiger partial charge in [-0.1, -0.05) is 189 Å². The Kier molecular flexibility index (Phi) is 9.74. The second-order valence-corrected chi connectivity index (χ2v) is 15.7. The first-order valence-corrected chi connectivity index (χ1v) is 20.8. The number of anilines is 1. The molecular formula is C57H44N4. The van der Waals surface area contributed by atoms with Crippen molar-refractivity contribution in [2.45, 2.75) is 25.8 Å². The Balaban J connectivity index is 1.18. The fourth-order valence-electron chi connectivity index (χ4n) is 9.16. The maximum Gasteiger partial charge on any atom is 0.155 e. The minimum atomic E-state index is -0.512. The summed E-state index contributed by atoms with van der Waals surface area (Å²) in [7, 11) is 0. The van der Waals surface area contributed by atoms with Crippen molar-refractivity contribution in [3.63, 3.8) is 0 Å². The first kappa shape index (κ1) is 37.6. The van der Waals surface area contributed by atoms with E-state index in [2.05, 4.69) is 172 Å². The highest BCUT2D eigenvalue weighted by Crippen LogP contribution is 2.63. The van der Waals surface area contributed by atoms with Gasteiger partial charge in [-0.15, -0.1) is 0 Å². The fraction of sp³-hybridized carbons (Fsp3) is 0.0702. The molecule has 292 valence electrons. The molecule has 0 saturated heterocycles. The predicted octanol–water partition coefficient (Wildman–Crippen LogP) is 13.4. The van der Waals surface area contributed by atoms with Gasteiger partial charge in [-0.2, -0.15) is 5.10 Å². The van der Waals surface area contributed by atoms with E-state index in [1.807, 2.05) is 53.5 Å². The lowest BCUT2D eigenvalue weighted by molar-refractivity contribution is 0.793. The van der Waals surface area contributed by atoms with Crippen LogP contribution in [0.25, 0.3) is 28.0 Å². The molecule has 0 atom stereocenters. The van der Waals surface area contributed by atoms with Gasteiger partial charge in [0, 0.05) is 16.8 Å². The Hall–Kier alpha value is -7.69. The molecule has 4 nitrogen and oxygen atoms in total. The summed E-state index contributed by atoms with van der Waals surface area (Å²) in [4.78, 5) is 10.5. The molecular weight excluding hydrogens is 741 g/mol. The van der Waals surface area contributed by atoms with Crippen molar-refractivity contribution in [1.29, 1.82) is 0 Å². The molecule has 8 aromatic rings. The maximum absolute atomic E-state index is 5.26. The number of hydrogen-bond donors (Lipinski definition) is 0. The summed E-state index contributed by atoms with van der Waals surface area (Å²) in [5, 5.41) is 7.19. The molecule has 0 saturated carbocycles. The van der Waals surface area contributed by atoms with E-state index in [0.29, 0.717) is 12.4 Å². The summed E-state index contributed by atoms with van der Waals surface area (Å²) in [5.41, 5.74) is 18.1. The minimum absolute atomic E-state index is 0.512. The van der Waals surface area contributed by atoms with Crippen molar-refractivity contribution >= 4 is 28.6 Å². The molecule has 0 amide bonds. The largest absolute Gasteiger partial charge is 0.261 e. The first-order valence-electron chi connectivity index (χ1n) is 20.8. The number of benzene rings is 8. The van der Waals surface area contributed by atoms with Crippen LogP contribution in [-0.2, 0) is 12.0 Å². The molecule has 0 aromatic heterocycles. The lowest BCUT2D eigenvalue weighted by Crippen LogP contribution is -2.26. The summed E-state index contributed by atoms with van der Waals surface area (Å²) in [6.07, 6.45) is 0. The Morgan fingerprint density at radius 3 is 1.51 bits per heavy atom. The molecule has 2 aliphatic carbocycles. The Morgan fingerprint density at radius 2 is 0.918 bits per heavy atom. The van der Waals surface area contributed by atoms with Crippen molar-refractivity contribution in [1.82, 2.24) is 0 Å². The number of nitrogens with zero attached hydrogens (tertiary/aromatic N) is 4. The SMILES string of the molecule is C=C(c1ccc2c(c1)-c1cc(C(N=C(C)c3ccccc3)=NCc3ccccc3)ccc1C21c2ccccc2-c2ccccc21)N(/N=C(\C)c1ccccc1)c1ccccc1. The monoisotopic (exact) mass is 784 g/mol. The van der Waals surface area contributed by atoms with E-state index in [4.69, 9.17) is 21.7 Å². The standard InChI is InChI=1S/C57H44N4/c1-39(43-22-10-5-11-23-43)59-56(58-38-42-20-8-4-9-21-42)46-33-35-55-51(37-46)50-36-45(41(3)61(47-26-14-7-15-27-47)60-40(2)44-24-12-6-13-25-44)32-34-54(50)57(55)52-30-18-16-28-48(52)49-29-17-19-31-53(49)57/h4-37H,3,38H2,1-2H3/b58-56?,59-39?,60-40+. The van der Waals surface area contributed by atoms with Crippen LogP contribution in [0, 0.1) is 0 Å². The third-order valence-corrected chi connectivity index (χ3v) is 12.1. The zero-order valence-electron chi connectivity index (χ0n) is 34.3. The van der Waals surface area contributed by atoms with Gasteiger partial charge >= 0.3 is 0 Å². The highest BCUT2D eigenvalue weighted by atomic mass is 15.5. The van der Waals surface area contributed by atoms with Crippen molar-refractivity contribution in [2.24, 2.45) is 15.1 Å². The molecule has 61 heavy (non-hydrogen) atoms. The topological polar surface area (TPSA) is 40.3 Å². The molecule has 4 heteroatoms. The molecule has 0 heterocycles. The summed E-state index contributed by atoms with van der Waals surface area (Å²) >= 11 is 0. The minimum Gasteiger partial charge on any atom is -0.261 e. The molecule has 0 N–H and O–H groups in total. The number of fused-ring (bicyclic) bond motifs is 10. The molecule has 0 radical (unpaired) electrons. The maximum atomic E-state index is 5.26. The van der Waals surface area contributed by atoms with Crippen molar-refractivity contribution in [2.75, 3.05) is 5.01 Å². The van der Waals surface area contributed by atoms with Crippen molar-refractivity contribution in [3.05, 3.63) is 263 Å². The van der Waals surface area contributed by atoms with Crippen LogP contribution in [0.3, 0.4) is 0 Å². The van der Waals surface area contributed by atoms with E-state index in [9.17, 15) is 0 Å². The average molecular weight is 785 g/mol. The van der Waals surface area contributed by atoms with E-state index < -0.39 is 5.41 Å². The van der Waals surface area contributed by atoms with Gasteiger partial charge in [0.05, 0.1) is 29.1 Å². The third-order valence-electron chi connectivity index (χ3n) is 12.1. The van der Waals surface area contributed by atoms with E-state index >= 15 is 0 Å². The van der Waals surface area contributed by atoms with Crippen LogP contribution in [0.5, 0.6) is 0 Å². The highest BCUT2D eigenvalue weighted by Gasteiger charge is 2.51. The van der Waals surface area contributed by atoms with Crippen LogP contribution in [0.4, 0.5) is 5.69 Å². The smallest absolute Gasteiger partial charge is 0.155 e. The van der Waals surface area contributed by atoms with Gasteiger partial charge in [0.25, 0.3) is 0 Å². The molecule has 0 aliphatic heterocycles. The summed E-state index contributed by atoms with van der Waals surface area (Å²) in [5.74, 6) is 0.698. The van der Waals surface area contributed by atoms with Crippen LogP contribution in [0.1, 0.15) is 63.9 Å². The van der Waals surface area contributed by atoms with Gasteiger partial charge in [-0.25, -0.2) is 10.0 Å². The Morgan fingerprint density at radius 1 is 0.459 bits per heavy atom. The van der Waals surface area contributed by atoms with Crippen molar-refractivity contribution < 1.29 is 0 Å². The van der Waals surface area contributed by atoms with Crippen LogP contribution < -0.4 is 5.01 Å². The molecule has 8 aromatic carbocycles. The van der Waals surface area contributed by atoms with E-state index in [1.165, 1.54) is 33.4 Å². The third kappa shape index (κ3) is 6.63. The summed E-state index contributed by atoms with van der Waals surface area (Å²) in [6.45, 7) is 9.37. The van der Waals surface area contributed by atoms with E-state index in [1.54, 1.807) is 0 Å². The molecule has 10 rings (SSSR count). The van der Waals surface area contributed by atoms with Crippen molar-refractivity contribution in [3.8, 4) is 22.3 Å². The zero-order valence-corrected chi connectivity index (χ0v) is 34.3. The number of aliphatic imine (C=N–C) groups is 2. The molecule has 0 bridgehead atoms. The normalized spacial score (nSPS) is 13.6. The average Bonchev–Trinajstić information content (AvgIpc) is 3.79. The van der Waals surface area contributed by atoms with Gasteiger partial charge in [-0.05, 0) is 99.3 Å². The predicted molar refractivity (Wildman–Crippen MR) is 255 cm³/mol. The Bertz CT molecular complexity index is 2970. The second kappa shape index (κ2) is 15.8. The van der Waals surface area contributed by atoms with Gasteiger partial charge < -0.3 is 0 Å². The number of hydrogen-bond acceptors (Lipinski definition) is 3. The van der Waals surface area contributed by atoms with Gasteiger partial charge in [0.1, 0.15) is 0 Å². The van der Waals surface area contributed by atoms with Crippen LogP contribution in [-0.4, -0.2) is 17.3 Å². The zero-order chi connectivity index (χ0) is 41.3. The van der Waals surface area contributed by atoms with E-state index in [-0.39, 0.29) is 0 Å². The number of para-hydroxylation sites is 1. The lowest BCUT2D eigenvalue weighted by Gasteiger charge is -2.30. The lowest BCUT2D eigenvalue weighted by atomic mass is 9.70. The van der Waals surface area contributed by atoms with Gasteiger partial charge in [0.2, 0.25) is 0 Å². The molecule has 0 unspecified atom stereocenters. The summed E-state index contributed by atoms with van der Waals surface area (Å²) in [6, 6.07) is 72.9. The highest BCUT2D eigenvalue weighted by molar-refractivity contribution is 6.12. The number of rotatable bonds is 9. The fourth-order valence-corrected chi connectivity index (χ4v) is 9.16. The molecule has 0 fully saturated rings. The van der Waals surface area contributed by atoms with Gasteiger partial charge in [-0.3, -0.25) is 4.99 Å². The Labute approximate surface area is 358 Å². The molecule has 2 aliphatic rings. The second-order valence-electron chi connectivity index (χ2n) is 15.7. The molecule has 1 spiro atoms. The quantitative estimate of drug-likeness (QED) is 0.0816. The van der Waals surface area contributed by atoms with Crippen LogP contribution in [0.2, 0.25) is 0 Å². The van der Waals surface area contributed by atoms with Crippen LogP contribution >= 0.6 is 0 Å². The number of hydrazone groups is 1. The van der Waals surface area contributed by atoms with E-state index in [0.717, 1.165) is 61.8 Å². The number of amidine groups is 1. The van der Waals surface area contributed by atoms with Gasteiger partial charge in [0.15, 0.2) is 5.84 Å². The van der Waals surface area contributed by atoms with Crippen LogP contribution in [0.15, 0.2) is 228 Å². The summed E-state index contributed by atoms with van der Waals surface area (Å²) < 4.78 is 0. The first-order chi connectivity index (χ1) is 30.0.